The molecule has 3 rings (SSSR count). The maximum absolute atomic E-state index is 12.2. The molecule has 0 fully saturated rings. The van der Waals surface area contributed by atoms with E-state index in [1.54, 1.807) is 59.4 Å². The predicted molar refractivity (Wildman–Crippen MR) is 97.9 cm³/mol. The Morgan fingerprint density at radius 2 is 2.04 bits per heavy atom. The summed E-state index contributed by atoms with van der Waals surface area (Å²) in [7, 11) is -2.14. The lowest BCUT2D eigenvalue weighted by Crippen LogP contribution is -2.31. The maximum atomic E-state index is 12.2. The number of hydrogen-bond donors (Lipinski definition) is 2. The number of pyridine rings is 1. The number of carbonyl (C=O) groups is 1. The zero-order valence-corrected chi connectivity index (χ0v) is 14.9. The molecule has 0 aliphatic carbocycles. The van der Waals surface area contributed by atoms with Crippen molar-refractivity contribution in [2.24, 2.45) is 0 Å². The van der Waals surface area contributed by atoms with Crippen LogP contribution in [0, 0.1) is 0 Å². The highest BCUT2D eigenvalue weighted by Crippen LogP contribution is 2.17. The molecule has 0 unspecified atom stereocenters. The number of para-hydroxylation sites is 1. The largest absolute Gasteiger partial charge is 0.496 e. The van der Waals surface area contributed by atoms with Crippen LogP contribution in [0.25, 0.3) is 5.52 Å². The molecule has 2 heterocycles. The SMILES string of the molecule is COc1ccccc1C(=O)NCCS(=O)(=O)Nc1ccn2nccc2c1. The van der Waals surface area contributed by atoms with Gasteiger partial charge in [-0.25, -0.2) is 12.9 Å². The molecule has 0 bridgehead atoms. The second-order valence-corrected chi connectivity index (χ2v) is 7.34. The molecule has 2 N–H and O–H groups in total. The number of rotatable bonds is 7. The lowest BCUT2D eigenvalue weighted by Gasteiger charge is -2.11. The van der Waals surface area contributed by atoms with Crippen LogP contribution in [0.3, 0.4) is 0 Å². The van der Waals surface area contributed by atoms with Crippen molar-refractivity contribution in [3.8, 4) is 5.75 Å². The number of anilines is 1. The van der Waals surface area contributed by atoms with Gasteiger partial charge in [-0.2, -0.15) is 5.10 Å². The first-order valence-electron chi connectivity index (χ1n) is 7.83. The Morgan fingerprint density at radius 3 is 2.85 bits per heavy atom. The van der Waals surface area contributed by atoms with Gasteiger partial charge in [-0.3, -0.25) is 9.52 Å². The number of amides is 1. The molecule has 136 valence electrons. The molecule has 0 radical (unpaired) electrons. The van der Waals surface area contributed by atoms with Crippen molar-refractivity contribution in [3.63, 3.8) is 0 Å². The van der Waals surface area contributed by atoms with E-state index in [0.29, 0.717) is 17.0 Å². The summed E-state index contributed by atoms with van der Waals surface area (Å²) in [5, 5.41) is 6.64. The molecule has 0 atom stereocenters. The van der Waals surface area contributed by atoms with Crippen molar-refractivity contribution in [2.45, 2.75) is 0 Å². The summed E-state index contributed by atoms with van der Waals surface area (Å²) in [6, 6.07) is 11.8. The number of carbonyl (C=O) groups excluding carboxylic acids is 1. The molecule has 0 aliphatic heterocycles. The summed E-state index contributed by atoms with van der Waals surface area (Å²) in [6.07, 6.45) is 3.29. The van der Waals surface area contributed by atoms with E-state index in [4.69, 9.17) is 4.74 Å². The maximum Gasteiger partial charge on any atom is 0.255 e. The number of sulfonamides is 1. The Bertz CT molecular complexity index is 1030. The number of nitrogens with zero attached hydrogens (tertiary/aromatic N) is 2. The molecular formula is C17H18N4O4S. The Morgan fingerprint density at radius 1 is 1.23 bits per heavy atom. The third-order valence-corrected chi connectivity index (χ3v) is 4.97. The minimum atomic E-state index is -3.61. The van der Waals surface area contributed by atoms with Crippen LogP contribution >= 0.6 is 0 Å². The van der Waals surface area contributed by atoms with Crippen LogP contribution in [-0.2, 0) is 10.0 Å². The molecule has 1 amide bonds. The molecule has 9 heteroatoms. The fourth-order valence-corrected chi connectivity index (χ4v) is 3.40. The van der Waals surface area contributed by atoms with E-state index in [2.05, 4.69) is 15.1 Å². The van der Waals surface area contributed by atoms with Gasteiger partial charge < -0.3 is 10.1 Å². The van der Waals surface area contributed by atoms with Crippen LogP contribution < -0.4 is 14.8 Å². The summed E-state index contributed by atoms with van der Waals surface area (Å²) in [6.45, 7) is -0.0266. The smallest absolute Gasteiger partial charge is 0.255 e. The summed E-state index contributed by atoms with van der Waals surface area (Å²) >= 11 is 0. The van der Waals surface area contributed by atoms with Gasteiger partial charge in [-0.05, 0) is 30.3 Å². The van der Waals surface area contributed by atoms with E-state index in [9.17, 15) is 13.2 Å². The number of aromatic nitrogens is 2. The second-order valence-electron chi connectivity index (χ2n) is 5.49. The van der Waals surface area contributed by atoms with E-state index in [0.717, 1.165) is 5.52 Å². The third-order valence-electron chi connectivity index (χ3n) is 3.68. The van der Waals surface area contributed by atoms with Crippen LogP contribution in [0.4, 0.5) is 5.69 Å². The topological polar surface area (TPSA) is 102 Å². The average molecular weight is 374 g/mol. The number of benzene rings is 1. The highest BCUT2D eigenvalue weighted by Gasteiger charge is 2.14. The van der Waals surface area contributed by atoms with Crippen LogP contribution in [0.5, 0.6) is 5.75 Å². The zero-order valence-electron chi connectivity index (χ0n) is 14.0. The van der Waals surface area contributed by atoms with Crippen molar-refractivity contribution in [3.05, 3.63) is 60.4 Å². The van der Waals surface area contributed by atoms with E-state index >= 15 is 0 Å². The van der Waals surface area contributed by atoms with Gasteiger partial charge in [-0.1, -0.05) is 12.1 Å². The lowest BCUT2D eigenvalue weighted by atomic mass is 10.2. The number of nitrogens with one attached hydrogen (secondary N) is 2. The van der Waals surface area contributed by atoms with Gasteiger partial charge in [0.15, 0.2) is 0 Å². The van der Waals surface area contributed by atoms with E-state index in [1.807, 2.05) is 0 Å². The fraction of sp³-hybridized carbons (Fsp3) is 0.176. The predicted octanol–water partition coefficient (Wildman–Crippen LogP) is 1.51. The molecule has 0 spiro atoms. The molecular weight excluding hydrogens is 356 g/mol. The number of fused-ring (bicyclic) bond motifs is 1. The van der Waals surface area contributed by atoms with E-state index in [-0.39, 0.29) is 12.3 Å². The molecule has 8 nitrogen and oxygen atoms in total. The van der Waals surface area contributed by atoms with Crippen LogP contribution in [0.2, 0.25) is 0 Å². The van der Waals surface area contributed by atoms with Gasteiger partial charge >= 0.3 is 0 Å². The Labute approximate surface area is 150 Å². The van der Waals surface area contributed by atoms with Gasteiger partial charge in [-0.15, -0.1) is 0 Å². The average Bonchev–Trinajstić information content (AvgIpc) is 3.08. The molecule has 2 aromatic heterocycles. The monoisotopic (exact) mass is 374 g/mol. The van der Waals surface area contributed by atoms with Crippen LogP contribution in [0.1, 0.15) is 10.4 Å². The second kappa shape index (κ2) is 7.44. The first-order chi connectivity index (χ1) is 12.5. The van der Waals surface area contributed by atoms with Gasteiger partial charge in [0.2, 0.25) is 10.0 Å². The Hall–Kier alpha value is -3.07. The Kier molecular flexibility index (Phi) is 5.08. The summed E-state index contributed by atoms with van der Waals surface area (Å²) < 4.78 is 33.7. The van der Waals surface area contributed by atoms with E-state index in [1.165, 1.54) is 7.11 Å². The molecule has 3 aromatic rings. The van der Waals surface area contributed by atoms with Gasteiger partial charge in [0, 0.05) is 18.9 Å². The first-order valence-corrected chi connectivity index (χ1v) is 9.49. The van der Waals surface area contributed by atoms with Crippen LogP contribution in [0.15, 0.2) is 54.9 Å². The van der Waals surface area contributed by atoms with Gasteiger partial charge in [0.05, 0.1) is 29.6 Å². The van der Waals surface area contributed by atoms with Crippen molar-refractivity contribution >= 4 is 27.1 Å². The summed E-state index contributed by atoms with van der Waals surface area (Å²) in [5.74, 6) is -0.211. The molecule has 0 aliphatic rings. The molecule has 26 heavy (non-hydrogen) atoms. The third kappa shape index (κ3) is 4.12. The van der Waals surface area contributed by atoms with Crippen LogP contribution in [-0.4, -0.2) is 43.3 Å². The highest BCUT2D eigenvalue weighted by atomic mass is 32.2. The normalized spacial score (nSPS) is 11.3. The zero-order chi connectivity index (χ0) is 18.6. The van der Waals surface area contributed by atoms with E-state index < -0.39 is 15.9 Å². The standard InChI is InChI=1S/C17H18N4O4S/c1-25-16-5-3-2-4-15(16)17(22)18-9-11-26(23,24)20-13-7-10-21-14(12-13)6-8-19-21/h2-8,10,12,20H,9,11H2,1H3,(H,18,22). The fourth-order valence-electron chi connectivity index (χ4n) is 2.44. The van der Waals surface area contributed by atoms with Gasteiger partial charge in [0.1, 0.15) is 5.75 Å². The van der Waals surface area contributed by atoms with Crippen molar-refractivity contribution in [2.75, 3.05) is 24.1 Å². The minimum Gasteiger partial charge on any atom is -0.496 e. The van der Waals surface area contributed by atoms with Crippen molar-refractivity contribution in [1.29, 1.82) is 0 Å². The summed E-state index contributed by atoms with van der Waals surface area (Å²) in [4.78, 5) is 12.2. The van der Waals surface area contributed by atoms with Crippen molar-refractivity contribution < 1.29 is 17.9 Å². The Balaban J connectivity index is 1.58. The number of ether oxygens (including phenoxy) is 1. The highest BCUT2D eigenvalue weighted by molar-refractivity contribution is 7.92. The quantitative estimate of drug-likeness (QED) is 0.653. The summed E-state index contributed by atoms with van der Waals surface area (Å²) in [5.41, 5.74) is 1.57. The minimum absolute atomic E-state index is 0.0266. The lowest BCUT2D eigenvalue weighted by molar-refractivity contribution is 0.0953. The number of methoxy groups -OCH3 is 1. The van der Waals surface area contributed by atoms with Crippen molar-refractivity contribution in [1.82, 2.24) is 14.9 Å². The first kappa shape index (κ1) is 17.7. The molecule has 0 saturated carbocycles. The molecule has 0 saturated heterocycles. The molecule has 1 aromatic carbocycles. The van der Waals surface area contributed by atoms with Gasteiger partial charge in [0.25, 0.3) is 5.91 Å². The number of hydrogen-bond acceptors (Lipinski definition) is 5.